The second kappa shape index (κ2) is 4.53. The van der Waals surface area contributed by atoms with Gasteiger partial charge >= 0.3 is 0 Å². The fraction of sp³-hybridized carbons (Fsp3) is 0.533. The highest BCUT2D eigenvalue weighted by Crippen LogP contribution is 2.48. The second-order valence-electron chi connectivity index (χ2n) is 5.95. The van der Waals surface area contributed by atoms with E-state index < -0.39 is 0 Å². The first-order valence-electron chi connectivity index (χ1n) is 7.33. The fourth-order valence-corrected chi connectivity index (χ4v) is 3.75. The van der Waals surface area contributed by atoms with E-state index in [9.17, 15) is 9.59 Å². The van der Waals surface area contributed by atoms with E-state index >= 15 is 0 Å². The monoisotopic (exact) mass is 287 g/mol. The van der Waals surface area contributed by atoms with E-state index in [0.717, 1.165) is 18.4 Å². The van der Waals surface area contributed by atoms with Crippen LogP contribution in [0.25, 0.3) is 0 Å². The lowest BCUT2D eigenvalue weighted by Crippen LogP contribution is -2.38. The van der Waals surface area contributed by atoms with Gasteiger partial charge in [-0.15, -0.1) is 0 Å². The number of nitrogens with one attached hydrogen (secondary N) is 1. The van der Waals surface area contributed by atoms with Gasteiger partial charge in [0.1, 0.15) is 5.82 Å². The molecule has 2 bridgehead atoms. The average molecular weight is 287 g/mol. The number of hydrogen-bond donors (Lipinski definition) is 1. The number of nitrogens with zero attached hydrogens (tertiary/aromatic N) is 2. The van der Waals surface area contributed by atoms with E-state index in [1.807, 2.05) is 19.1 Å². The zero-order chi connectivity index (χ0) is 14.6. The molecule has 6 nitrogen and oxygen atoms in total. The summed E-state index contributed by atoms with van der Waals surface area (Å²) in [6, 6.07) is 3.79. The van der Waals surface area contributed by atoms with Crippen molar-refractivity contribution < 1.29 is 14.3 Å². The summed E-state index contributed by atoms with van der Waals surface area (Å²) in [5.41, 5.74) is 0.986. The number of likely N-dealkylation sites (tertiary alicyclic amines) is 1. The molecule has 4 atom stereocenters. The Labute approximate surface area is 122 Å². The van der Waals surface area contributed by atoms with Crippen molar-refractivity contribution in [1.29, 1.82) is 0 Å². The minimum absolute atomic E-state index is 0.0574. The summed E-state index contributed by atoms with van der Waals surface area (Å²) in [4.78, 5) is 30.5. The minimum Gasteiger partial charge on any atom is -0.373 e. The Morgan fingerprint density at radius 3 is 2.57 bits per heavy atom. The molecule has 3 aliphatic heterocycles. The highest BCUT2D eigenvalue weighted by Gasteiger charge is 2.62. The van der Waals surface area contributed by atoms with Gasteiger partial charge in [-0.2, -0.15) is 0 Å². The van der Waals surface area contributed by atoms with Crippen LogP contribution in [0.2, 0.25) is 0 Å². The molecule has 0 saturated carbocycles. The zero-order valence-corrected chi connectivity index (χ0v) is 11.8. The zero-order valence-electron chi connectivity index (χ0n) is 11.8. The number of ether oxygens (including phenoxy) is 1. The van der Waals surface area contributed by atoms with Crippen LogP contribution in [0.15, 0.2) is 18.3 Å². The molecular formula is C15H17N3O3. The molecule has 0 aromatic carbocycles. The van der Waals surface area contributed by atoms with Gasteiger partial charge in [-0.05, 0) is 31.4 Å². The van der Waals surface area contributed by atoms with E-state index in [2.05, 4.69) is 10.3 Å². The van der Waals surface area contributed by atoms with Crippen LogP contribution in [0.5, 0.6) is 0 Å². The van der Waals surface area contributed by atoms with Crippen LogP contribution in [0.3, 0.4) is 0 Å². The number of aromatic nitrogens is 1. The first-order chi connectivity index (χ1) is 10.2. The number of amides is 2. The normalized spacial score (nSPS) is 33.7. The van der Waals surface area contributed by atoms with Gasteiger partial charge in [-0.25, -0.2) is 4.98 Å². The number of carbonyl (C=O) groups excluding carboxylic acids is 2. The van der Waals surface area contributed by atoms with E-state index in [0.29, 0.717) is 5.82 Å². The SMILES string of the molecule is Cc1cccnc1NCN1C(=O)[C@@H]2[C@H](C1=O)[C@H]1CC[C@@H]2O1. The summed E-state index contributed by atoms with van der Waals surface area (Å²) in [5, 5.41) is 3.09. The second-order valence-corrected chi connectivity index (χ2v) is 5.95. The van der Waals surface area contributed by atoms with E-state index in [4.69, 9.17) is 4.74 Å². The van der Waals surface area contributed by atoms with Gasteiger partial charge in [-0.1, -0.05) is 6.07 Å². The molecule has 2 amide bonds. The summed E-state index contributed by atoms with van der Waals surface area (Å²) >= 11 is 0. The molecule has 3 aliphatic rings. The highest BCUT2D eigenvalue weighted by atomic mass is 16.5. The third kappa shape index (κ3) is 1.78. The van der Waals surface area contributed by atoms with Crippen LogP contribution in [-0.4, -0.2) is 40.6 Å². The number of hydrogen-bond acceptors (Lipinski definition) is 5. The topological polar surface area (TPSA) is 71.5 Å². The van der Waals surface area contributed by atoms with Gasteiger partial charge in [0.2, 0.25) is 11.8 Å². The Bertz CT molecular complexity index is 590. The number of rotatable bonds is 3. The number of anilines is 1. The van der Waals surface area contributed by atoms with Gasteiger partial charge in [0.05, 0.1) is 30.7 Å². The summed E-state index contributed by atoms with van der Waals surface area (Å²) in [5.74, 6) is -0.0169. The van der Waals surface area contributed by atoms with Crippen LogP contribution < -0.4 is 5.32 Å². The quantitative estimate of drug-likeness (QED) is 0.837. The molecule has 110 valence electrons. The van der Waals surface area contributed by atoms with Crippen LogP contribution in [0.1, 0.15) is 18.4 Å². The molecule has 3 fully saturated rings. The van der Waals surface area contributed by atoms with Crippen LogP contribution in [0.4, 0.5) is 5.82 Å². The Balaban J connectivity index is 1.51. The molecule has 0 unspecified atom stereocenters. The van der Waals surface area contributed by atoms with E-state index in [1.54, 1.807) is 6.20 Å². The number of pyridine rings is 1. The van der Waals surface area contributed by atoms with Crippen molar-refractivity contribution in [3.8, 4) is 0 Å². The molecular weight excluding hydrogens is 270 g/mol. The smallest absolute Gasteiger partial charge is 0.237 e. The Morgan fingerprint density at radius 2 is 1.95 bits per heavy atom. The lowest BCUT2D eigenvalue weighted by molar-refractivity contribution is -0.142. The van der Waals surface area contributed by atoms with E-state index in [-0.39, 0.29) is 42.5 Å². The number of aryl methyl sites for hydroxylation is 1. The van der Waals surface area contributed by atoms with Crippen LogP contribution >= 0.6 is 0 Å². The van der Waals surface area contributed by atoms with Gasteiger partial charge in [0.25, 0.3) is 0 Å². The predicted molar refractivity (Wildman–Crippen MR) is 74.2 cm³/mol. The Kier molecular flexibility index (Phi) is 2.75. The summed E-state index contributed by atoms with van der Waals surface area (Å²) < 4.78 is 5.71. The standard InChI is InChI=1S/C15H17N3O3/c1-8-3-2-6-16-13(8)17-7-18-14(19)11-9-4-5-10(21-9)12(11)15(18)20/h2-3,6,9-12H,4-5,7H2,1H3,(H,16,17)/t9-,10+,11-,12+. The van der Waals surface area contributed by atoms with Crippen molar-refractivity contribution in [3.05, 3.63) is 23.9 Å². The third-order valence-electron chi connectivity index (χ3n) is 4.79. The molecule has 4 rings (SSSR count). The average Bonchev–Trinajstić information content (AvgIpc) is 3.14. The molecule has 0 spiro atoms. The molecule has 1 aromatic heterocycles. The van der Waals surface area contributed by atoms with Gasteiger partial charge in [-0.3, -0.25) is 14.5 Å². The first-order valence-corrected chi connectivity index (χ1v) is 7.33. The lowest BCUT2D eigenvalue weighted by atomic mass is 9.81. The summed E-state index contributed by atoms with van der Waals surface area (Å²) in [7, 11) is 0. The largest absolute Gasteiger partial charge is 0.373 e. The molecule has 1 N–H and O–H groups in total. The molecule has 6 heteroatoms. The summed E-state index contributed by atoms with van der Waals surface area (Å²) in [6.45, 7) is 2.12. The van der Waals surface area contributed by atoms with Gasteiger partial charge in [0.15, 0.2) is 0 Å². The maximum Gasteiger partial charge on any atom is 0.237 e. The van der Waals surface area contributed by atoms with Crippen LogP contribution in [0, 0.1) is 18.8 Å². The van der Waals surface area contributed by atoms with Crippen LogP contribution in [-0.2, 0) is 14.3 Å². The first kappa shape index (κ1) is 12.8. The number of imide groups is 1. The minimum atomic E-state index is -0.261. The maximum atomic E-state index is 12.5. The van der Waals surface area contributed by atoms with Crippen molar-refractivity contribution in [3.63, 3.8) is 0 Å². The van der Waals surface area contributed by atoms with E-state index in [1.165, 1.54) is 4.90 Å². The molecule has 21 heavy (non-hydrogen) atoms. The molecule has 0 radical (unpaired) electrons. The van der Waals surface area contributed by atoms with Crippen molar-refractivity contribution in [2.24, 2.45) is 11.8 Å². The van der Waals surface area contributed by atoms with Gasteiger partial charge < -0.3 is 10.1 Å². The highest BCUT2D eigenvalue weighted by molar-refractivity contribution is 6.06. The third-order valence-corrected chi connectivity index (χ3v) is 4.79. The van der Waals surface area contributed by atoms with Crippen molar-refractivity contribution >= 4 is 17.6 Å². The maximum absolute atomic E-state index is 12.5. The van der Waals surface area contributed by atoms with Crippen molar-refractivity contribution in [1.82, 2.24) is 9.88 Å². The summed E-state index contributed by atoms with van der Waals surface area (Å²) in [6.07, 6.45) is 3.36. The van der Waals surface area contributed by atoms with Gasteiger partial charge in [0, 0.05) is 6.20 Å². The fourth-order valence-electron chi connectivity index (χ4n) is 3.75. The molecule has 3 saturated heterocycles. The molecule has 1 aromatic rings. The molecule has 4 heterocycles. The number of fused-ring (bicyclic) bond motifs is 5. The number of carbonyl (C=O) groups is 2. The van der Waals surface area contributed by atoms with Crippen molar-refractivity contribution in [2.45, 2.75) is 32.0 Å². The molecule has 0 aliphatic carbocycles. The van der Waals surface area contributed by atoms with Crippen molar-refractivity contribution in [2.75, 3.05) is 12.0 Å². The predicted octanol–water partition coefficient (Wildman–Crippen LogP) is 0.922. The lowest BCUT2D eigenvalue weighted by Gasteiger charge is -2.18. The Morgan fingerprint density at radius 1 is 1.29 bits per heavy atom. The Hall–Kier alpha value is -1.95.